The highest BCUT2D eigenvalue weighted by Crippen LogP contribution is 2.52. The molecule has 15 rings (SSSR count). The monoisotopic (exact) mass is 977 g/mol. The molecule has 13 aromatic rings. The highest BCUT2D eigenvalue weighted by Gasteiger charge is 2.32. The molecule has 0 amide bonds. The molecule has 0 atom stereocenters. The van der Waals surface area contributed by atoms with Crippen LogP contribution in [0.25, 0.3) is 99.6 Å². The minimum Gasteiger partial charge on any atom is -0.457 e. The lowest BCUT2D eigenvalue weighted by Gasteiger charge is -2.27. The van der Waals surface area contributed by atoms with Crippen LogP contribution in [-0.2, 0) is 5.41 Å². The van der Waals surface area contributed by atoms with Crippen LogP contribution in [0.2, 0.25) is 0 Å². The molecule has 2 aliphatic heterocycles. The number of pyridine rings is 1. The van der Waals surface area contributed by atoms with Crippen molar-refractivity contribution < 1.29 is 4.74 Å². The number of aromatic nitrogens is 3. The predicted octanol–water partition coefficient (Wildman–Crippen LogP) is 18.6. The van der Waals surface area contributed by atoms with Gasteiger partial charge in [0.2, 0.25) is 0 Å². The van der Waals surface area contributed by atoms with Crippen LogP contribution in [0.1, 0.15) is 26.3 Å². The summed E-state index contributed by atoms with van der Waals surface area (Å²) in [5.41, 5.74) is 20.9. The van der Waals surface area contributed by atoms with E-state index in [-0.39, 0.29) is 5.41 Å². The van der Waals surface area contributed by atoms with Crippen LogP contribution in [0.15, 0.2) is 243 Å². The summed E-state index contributed by atoms with van der Waals surface area (Å²) in [6.07, 6.45) is 1.96. The lowest BCUT2D eigenvalue weighted by Crippen LogP contribution is -2.24. The van der Waals surface area contributed by atoms with Crippen LogP contribution in [0.4, 0.5) is 22.7 Å². The van der Waals surface area contributed by atoms with Gasteiger partial charge in [0.05, 0.1) is 44.8 Å². The number of hydrogen-bond acceptors (Lipinski definition) is 4. The number of nitrogens with zero attached hydrogens (tertiary/aromatic N) is 5. The van der Waals surface area contributed by atoms with E-state index in [2.05, 4.69) is 276 Å². The molecule has 0 bridgehead atoms. The minimum absolute atomic E-state index is 0.0826. The van der Waals surface area contributed by atoms with Crippen molar-refractivity contribution in [1.29, 1.82) is 0 Å². The van der Waals surface area contributed by atoms with Crippen molar-refractivity contribution in [3.63, 3.8) is 0 Å². The number of benzene rings is 10. The van der Waals surface area contributed by atoms with Gasteiger partial charge in [-0.3, -0.25) is 4.57 Å². The summed E-state index contributed by atoms with van der Waals surface area (Å²) in [6, 6.07) is 85.7. The van der Waals surface area contributed by atoms with Gasteiger partial charge >= 0.3 is 0 Å². The molecule has 6 heteroatoms. The predicted molar refractivity (Wildman–Crippen MR) is 315 cm³/mol. The van der Waals surface area contributed by atoms with E-state index in [0.29, 0.717) is 6.67 Å². The summed E-state index contributed by atoms with van der Waals surface area (Å²) in [5.74, 6) is 2.36. The molecule has 0 radical (unpaired) electrons. The third-order valence-corrected chi connectivity index (χ3v) is 15.7. The Morgan fingerprint density at radius 3 is 1.75 bits per heavy atom. The first-order valence-corrected chi connectivity index (χ1v) is 26.2. The van der Waals surface area contributed by atoms with E-state index < -0.39 is 0 Å². The molecular weight excluding hydrogens is 927 g/mol. The molecular formula is C70H51N5O. The van der Waals surface area contributed by atoms with E-state index in [1.54, 1.807) is 0 Å². The highest BCUT2D eigenvalue weighted by atomic mass is 16.5. The maximum absolute atomic E-state index is 7.00. The van der Waals surface area contributed by atoms with Crippen molar-refractivity contribution in [2.45, 2.75) is 26.2 Å². The molecule has 0 saturated heterocycles. The Kier molecular flexibility index (Phi) is 9.79. The standard InChI is InChI=1S/C70H51N5O/c1-70(2,3)47-37-38-71-67(39-47)74-64-41-50(35-36-56(64)60-43-66-59(42-65(60)74)54-26-11-10-25-53(54)57-30-18-31-58-55-27-12-13-32-61(55)75(66)69(57)58)76-49-24-16-23-48(40-49)72-44-73(63-34-15-14-33-62(63)72)68-51(45-19-6-4-7-20-45)28-17-29-52(68)46-21-8-5-9-22-46/h4-43H,44H2,1-3H3. The van der Waals surface area contributed by atoms with Crippen molar-refractivity contribution >= 4 is 66.4 Å². The van der Waals surface area contributed by atoms with Crippen LogP contribution in [0.5, 0.6) is 11.5 Å². The fraction of sp³-hybridized carbons (Fsp3) is 0.0714. The van der Waals surface area contributed by atoms with Crippen molar-refractivity contribution in [2.24, 2.45) is 0 Å². The molecule has 6 nitrogen and oxygen atoms in total. The van der Waals surface area contributed by atoms with Gasteiger partial charge in [0, 0.05) is 67.8 Å². The molecule has 0 aliphatic carbocycles. The van der Waals surface area contributed by atoms with Crippen molar-refractivity contribution in [3.8, 4) is 67.5 Å². The summed E-state index contributed by atoms with van der Waals surface area (Å²) in [4.78, 5) is 10.0. The van der Waals surface area contributed by atoms with Crippen LogP contribution in [-0.4, -0.2) is 20.8 Å². The zero-order chi connectivity index (χ0) is 50.6. The average Bonchev–Trinajstić information content (AvgIpc) is 4.13. The lowest BCUT2D eigenvalue weighted by atomic mass is 9.88. The molecule has 0 fully saturated rings. The van der Waals surface area contributed by atoms with E-state index in [9.17, 15) is 0 Å². The molecule has 10 aromatic carbocycles. The maximum Gasteiger partial charge on any atom is 0.137 e. The number of anilines is 4. The van der Waals surface area contributed by atoms with Gasteiger partial charge in [-0.1, -0.05) is 178 Å². The molecule has 362 valence electrons. The zero-order valence-corrected chi connectivity index (χ0v) is 42.4. The summed E-state index contributed by atoms with van der Waals surface area (Å²) in [7, 11) is 0. The third-order valence-electron chi connectivity index (χ3n) is 15.7. The number of para-hydroxylation sites is 5. The Bertz CT molecular complexity index is 4410. The molecule has 3 aromatic heterocycles. The Morgan fingerprint density at radius 1 is 0.395 bits per heavy atom. The van der Waals surface area contributed by atoms with E-state index >= 15 is 0 Å². The number of hydrogen-bond donors (Lipinski definition) is 0. The van der Waals surface area contributed by atoms with E-state index in [4.69, 9.17) is 9.72 Å². The van der Waals surface area contributed by atoms with Crippen molar-refractivity contribution in [1.82, 2.24) is 14.1 Å². The Hall–Kier alpha value is -9.65. The summed E-state index contributed by atoms with van der Waals surface area (Å²) < 4.78 is 11.9. The van der Waals surface area contributed by atoms with Crippen LogP contribution < -0.4 is 14.5 Å². The van der Waals surface area contributed by atoms with Gasteiger partial charge < -0.3 is 19.1 Å². The Balaban J connectivity index is 0.871. The normalized spacial score (nSPS) is 12.8. The largest absolute Gasteiger partial charge is 0.457 e. The van der Waals surface area contributed by atoms with Crippen LogP contribution >= 0.6 is 0 Å². The molecule has 2 aliphatic rings. The topological polar surface area (TPSA) is 38.5 Å². The van der Waals surface area contributed by atoms with Gasteiger partial charge in [0.15, 0.2) is 0 Å². The first-order chi connectivity index (χ1) is 37.3. The van der Waals surface area contributed by atoms with Gasteiger partial charge in [-0.15, -0.1) is 0 Å². The quantitative estimate of drug-likeness (QED) is 0.160. The average molecular weight is 978 g/mol. The fourth-order valence-electron chi connectivity index (χ4n) is 12.2. The van der Waals surface area contributed by atoms with E-state index in [1.165, 1.54) is 77.6 Å². The number of rotatable bonds is 7. The summed E-state index contributed by atoms with van der Waals surface area (Å²) >= 11 is 0. The molecule has 5 heterocycles. The van der Waals surface area contributed by atoms with Gasteiger partial charge in [0.1, 0.15) is 24.0 Å². The van der Waals surface area contributed by atoms with Gasteiger partial charge in [-0.25, -0.2) is 4.98 Å². The molecule has 0 spiro atoms. The SMILES string of the molecule is CC(C)(C)c1ccnc(-n2c3cc(Oc4cccc(N5CN(c6c(-c7ccccc7)cccc6-c6ccccc6)c6ccccc65)c4)ccc3c3cc4c(cc32)-c2ccccc2-c2cccc3c5ccccc5n-4c23)c1. The highest BCUT2D eigenvalue weighted by molar-refractivity contribution is 6.18. The number of fused-ring (bicyclic) bond motifs is 12. The lowest BCUT2D eigenvalue weighted by molar-refractivity contribution is 0.483. The second-order valence-corrected chi connectivity index (χ2v) is 21.2. The minimum atomic E-state index is -0.0826. The van der Waals surface area contributed by atoms with E-state index in [0.717, 1.165) is 61.9 Å². The van der Waals surface area contributed by atoms with Gasteiger partial charge in [-0.05, 0) is 100.0 Å². The van der Waals surface area contributed by atoms with Crippen molar-refractivity contribution in [2.75, 3.05) is 16.5 Å². The smallest absolute Gasteiger partial charge is 0.137 e. The second kappa shape index (κ2) is 17.0. The number of ether oxygens (including phenoxy) is 1. The zero-order valence-electron chi connectivity index (χ0n) is 42.4. The Labute approximate surface area is 441 Å². The molecule has 0 saturated carbocycles. The van der Waals surface area contributed by atoms with Gasteiger partial charge in [0.25, 0.3) is 0 Å². The maximum atomic E-state index is 7.00. The third kappa shape index (κ3) is 6.84. The fourth-order valence-corrected chi connectivity index (χ4v) is 12.2. The molecule has 0 N–H and O–H groups in total. The van der Waals surface area contributed by atoms with Gasteiger partial charge in [-0.2, -0.15) is 0 Å². The summed E-state index contributed by atoms with van der Waals surface area (Å²) in [6.45, 7) is 7.40. The molecule has 0 unspecified atom stereocenters. The first kappa shape index (κ1) is 43.9. The first-order valence-electron chi connectivity index (χ1n) is 26.2. The van der Waals surface area contributed by atoms with Crippen LogP contribution in [0, 0.1) is 0 Å². The van der Waals surface area contributed by atoms with Crippen molar-refractivity contribution in [3.05, 3.63) is 248 Å². The molecule has 76 heavy (non-hydrogen) atoms. The van der Waals surface area contributed by atoms with Crippen LogP contribution in [0.3, 0.4) is 0 Å². The second-order valence-electron chi connectivity index (χ2n) is 21.2. The summed E-state index contributed by atoms with van der Waals surface area (Å²) in [5, 5.41) is 4.77. The van der Waals surface area contributed by atoms with E-state index in [1.807, 2.05) is 6.20 Å². The Morgan fingerprint density at radius 2 is 0.987 bits per heavy atom.